The lowest BCUT2D eigenvalue weighted by Gasteiger charge is -2.13. The van der Waals surface area contributed by atoms with Gasteiger partial charge in [-0.15, -0.1) is 0 Å². The Bertz CT molecular complexity index is 717. The van der Waals surface area contributed by atoms with Gasteiger partial charge in [0.1, 0.15) is 11.4 Å². The van der Waals surface area contributed by atoms with Crippen molar-refractivity contribution in [3.63, 3.8) is 0 Å². The molecule has 2 nitrogen and oxygen atoms in total. The van der Waals surface area contributed by atoms with Gasteiger partial charge >= 0.3 is 0 Å². The fraction of sp³-hybridized carbons (Fsp3) is 0.222. The second kappa shape index (κ2) is 6.10. The van der Waals surface area contributed by atoms with Gasteiger partial charge in [0.05, 0.1) is 6.26 Å². The summed E-state index contributed by atoms with van der Waals surface area (Å²) in [5.74, 6) is -0.191. The number of rotatable bonds is 5. The van der Waals surface area contributed by atoms with Crippen LogP contribution in [-0.2, 0) is 13.0 Å². The minimum absolute atomic E-state index is 0.191. The number of hydrogen-bond donors (Lipinski definition) is 1. The molecule has 2 aromatic carbocycles. The zero-order valence-electron chi connectivity index (χ0n) is 12.0. The Hall–Kier alpha value is -2.13. The molecule has 0 saturated carbocycles. The lowest BCUT2D eigenvalue weighted by Crippen LogP contribution is -2.27. The summed E-state index contributed by atoms with van der Waals surface area (Å²) in [6.45, 7) is 2.89. The Morgan fingerprint density at radius 1 is 1.10 bits per heavy atom. The largest absolute Gasteiger partial charge is 0.464 e. The molecule has 3 heteroatoms. The maximum atomic E-state index is 12.9. The van der Waals surface area contributed by atoms with Crippen molar-refractivity contribution in [1.82, 2.24) is 5.32 Å². The van der Waals surface area contributed by atoms with Gasteiger partial charge in [-0.2, -0.15) is 0 Å². The van der Waals surface area contributed by atoms with E-state index >= 15 is 0 Å². The highest BCUT2D eigenvalue weighted by Crippen LogP contribution is 2.20. The summed E-state index contributed by atoms with van der Waals surface area (Å²) in [7, 11) is 0. The molecule has 0 amide bonds. The van der Waals surface area contributed by atoms with E-state index in [-0.39, 0.29) is 5.82 Å². The monoisotopic (exact) mass is 283 g/mol. The maximum absolute atomic E-state index is 12.9. The highest BCUT2D eigenvalue weighted by Gasteiger charge is 2.07. The molecule has 0 aliphatic rings. The molecule has 1 heterocycles. The molecule has 3 rings (SSSR count). The second-order valence-corrected chi connectivity index (χ2v) is 5.37. The number of hydrogen-bond acceptors (Lipinski definition) is 2. The third kappa shape index (κ3) is 3.31. The van der Waals surface area contributed by atoms with Crippen LogP contribution in [0.1, 0.15) is 18.1 Å². The van der Waals surface area contributed by atoms with E-state index in [0.717, 1.165) is 35.1 Å². The van der Waals surface area contributed by atoms with Crippen LogP contribution in [0.4, 0.5) is 4.39 Å². The van der Waals surface area contributed by atoms with E-state index in [0.29, 0.717) is 6.04 Å². The first-order chi connectivity index (χ1) is 10.2. The minimum atomic E-state index is -0.191. The van der Waals surface area contributed by atoms with Gasteiger partial charge in [0.2, 0.25) is 0 Å². The van der Waals surface area contributed by atoms with Crippen LogP contribution in [0.2, 0.25) is 0 Å². The highest BCUT2D eigenvalue weighted by atomic mass is 19.1. The van der Waals surface area contributed by atoms with Crippen LogP contribution >= 0.6 is 0 Å². The van der Waals surface area contributed by atoms with E-state index in [1.807, 2.05) is 36.6 Å². The van der Waals surface area contributed by atoms with Gasteiger partial charge in [0.15, 0.2) is 0 Å². The molecular formula is C18H18FNO. The number of halogens is 1. The van der Waals surface area contributed by atoms with Gasteiger partial charge in [-0.3, -0.25) is 0 Å². The van der Waals surface area contributed by atoms with Crippen molar-refractivity contribution in [1.29, 1.82) is 0 Å². The number of benzene rings is 2. The van der Waals surface area contributed by atoms with E-state index < -0.39 is 0 Å². The van der Waals surface area contributed by atoms with Gasteiger partial charge in [-0.05, 0) is 37.1 Å². The number of nitrogens with one attached hydrogen (secondary N) is 1. The molecule has 21 heavy (non-hydrogen) atoms. The number of fused-ring (bicyclic) bond motifs is 1. The van der Waals surface area contributed by atoms with Crippen LogP contribution < -0.4 is 5.32 Å². The van der Waals surface area contributed by atoms with Crippen LogP contribution in [0.3, 0.4) is 0 Å². The fourth-order valence-corrected chi connectivity index (χ4v) is 2.50. The average Bonchev–Trinajstić information content (AvgIpc) is 2.91. The Kier molecular flexibility index (Phi) is 4.02. The molecule has 0 aliphatic carbocycles. The number of furan rings is 1. The molecule has 0 bridgehead atoms. The summed E-state index contributed by atoms with van der Waals surface area (Å²) in [6.07, 6.45) is 2.68. The highest BCUT2D eigenvalue weighted by molar-refractivity contribution is 5.80. The second-order valence-electron chi connectivity index (χ2n) is 5.37. The summed E-state index contributed by atoms with van der Waals surface area (Å²) in [6, 6.07) is 15.0. The molecule has 0 saturated heterocycles. The van der Waals surface area contributed by atoms with Gasteiger partial charge in [-0.1, -0.05) is 30.3 Å². The summed E-state index contributed by atoms with van der Waals surface area (Å²) in [5, 5.41) is 4.64. The van der Waals surface area contributed by atoms with Crippen molar-refractivity contribution < 1.29 is 8.81 Å². The smallest absolute Gasteiger partial charge is 0.134 e. The quantitative estimate of drug-likeness (QED) is 0.755. The molecule has 1 unspecified atom stereocenters. The Morgan fingerprint density at radius 3 is 2.67 bits per heavy atom. The molecule has 0 fully saturated rings. The summed E-state index contributed by atoms with van der Waals surface area (Å²) in [5.41, 5.74) is 3.21. The average molecular weight is 283 g/mol. The van der Waals surface area contributed by atoms with E-state index in [2.05, 4.69) is 18.3 Å². The molecule has 0 radical (unpaired) electrons. The zero-order valence-corrected chi connectivity index (χ0v) is 12.0. The summed E-state index contributed by atoms with van der Waals surface area (Å²) >= 11 is 0. The first kappa shape index (κ1) is 13.8. The van der Waals surface area contributed by atoms with Crippen LogP contribution in [-0.4, -0.2) is 6.04 Å². The predicted molar refractivity (Wildman–Crippen MR) is 82.6 cm³/mol. The maximum Gasteiger partial charge on any atom is 0.134 e. The minimum Gasteiger partial charge on any atom is -0.464 e. The molecule has 108 valence electrons. The third-order valence-corrected chi connectivity index (χ3v) is 3.66. The predicted octanol–water partition coefficient (Wildman–Crippen LogP) is 4.29. The van der Waals surface area contributed by atoms with Crippen molar-refractivity contribution in [3.8, 4) is 0 Å². The lowest BCUT2D eigenvalue weighted by molar-refractivity contribution is 0.538. The Balaban J connectivity index is 1.60. The first-order valence-corrected chi connectivity index (χ1v) is 7.15. The molecule has 0 aliphatic heterocycles. The van der Waals surface area contributed by atoms with E-state index in [4.69, 9.17) is 4.42 Å². The lowest BCUT2D eigenvalue weighted by atomic mass is 10.1. The topological polar surface area (TPSA) is 25.2 Å². The van der Waals surface area contributed by atoms with Crippen LogP contribution in [0, 0.1) is 5.82 Å². The molecule has 1 N–H and O–H groups in total. The zero-order chi connectivity index (χ0) is 14.7. The van der Waals surface area contributed by atoms with E-state index in [1.165, 1.54) is 12.1 Å². The Morgan fingerprint density at radius 2 is 1.86 bits per heavy atom. The van der Waals surface area contributed by atoms with Crippen LogP contribution in [0.15, 0.2) is 59.2 Å². The summed E-state index contributed by atoms with van der Waals surface area (Å²) < 4.78 is 18.4. The van der Waals surface area contributed by atoms with Gasteiger partial charge in [0, 0.05) is 23.5 Å². The molecule has 3 aromatic rings. The molecule has 0 spiro atoms. The van der Waals surface area contributed by atoms with Crippen molar-refractivity contribution in [2.45, 2.75) is 25.9 Å². The van der Waals surface area contributed by atoms with Crippen molar-refractivity contribution in [2.24, 2.45) is 0 Å². The van der Waals surface area contributed by atoms with Gasteiger partial charge in [-0.25, -0.2) is 4.39 Å². The van der Waals surface area contributed by atoms with Crippen LogP contribution in [0.25, 0.3) is 11.0 Å². The van der Waals surface area contributed by atoms with Crippen molar-refractivity contribution in [2.75, 3.05) is 0 Å². The molecular weight excluding hydrogens is 265 g/mol. The third-order valence-electron chi connectivity index (χ3n) is 3.66. The number of para-hydroxylation sites is 1. The van der Waals surface area contributed by atoms with E-state index in [1.54, 1.807) is 0 Å². The Labute approximate surface area is 123 Å². The van der Waals surface area contributed by atoms with Crippen molar-refractivity contribution in [3.05, 3.63) is 71.7 Å². The van der Waals surface area contributed by atoms with E-state index in [9.17, 15) is 4.39 Å². The molecule has 1 aromatic heterocycles. The van der Waals surface area contributed by atoms with Crippen LogP contribution in [0.5, 0.6) is 0 Å². The molecule has 1 atom stereocenters. The SMILES string of the molecule is CC(Cc1ccc(F)cc1)NCc1coc2ccccc12. The first-order valence-electron chi connectivity index (χ1n) is 7.15. The summed E-state index contributed by atoms with van der Waals surface area (Å²) in [4.78, 5) is 0. The standard InChI is InChI=1S/C18H18FNO/c1-13(10-14-6-8-16(19)9-7-14)20-11-15-12-21-18-5-3-2-4-17(15)18/h2-9,12-13,20H,10-11H2,1H3. The van der Waals surface area contributed by atoms with Gasteiger partial charge < -0.3 is 9.73 Å². The normalized spacial score (nSPS) is 12.7. The van der Waals surface area contributed by atoms with Gasteiger partial charge in [0.25, 0.3) is 0 Å². The van der Waals surface area contributed by atoms with Crippen molar-refractivity contribution >= 4 is 11.0 Å². The fourth-order valence-electron chi connectivity index (χ4n) is 2.50.